The highest BCUT2D eigenvalue weighted by Crippen LogP contribution is 2.71. The van der Waals surface area contributed by atoms with Crippen molar-refractivity contribution in [1.82, 2.24) is 0 Å². The van der Waals surface area contributed by atoms with Crippen LogP contribution in [0.25, 0.3) is 0 Å². The summed E-state index contributed by atoms with van der Waals surface area (Å²) in [5.74, 6) is -3.10. The van der Waals surface area contributed by atoms with E-state index in [1.165, 1.54) is 19.3 Å². The summed E-state index contributed by atoms with van der Waals surface area (Å²) < 4.78 is 27.9. The number of allylic oxidation sites excluding steroid dienone is 4. The summed E-state index contributed by atoms with van der Waals surface area (Å²) in [4.78, 5) is 36.0. The molecule has 0 amide bonds. The van der Waals surface area contributed by atoms with Gasteiger partial charge in [-0.2, -0.15) is 0 Å². The topological polar surface area (TPSA) is 89.9 Å². The summed E-state index contributed by atoms with van der Waals surface area (Å²) in [5.41, 5.74) is -5.41. The monoisotopic (exact) mass is 502 g/mol. The molecule has 6 nitrogen and oxygen atoms in total. The number of hydrogen-bond acceptors (Lipinski definition) is 6. The molecule has 0 bridgehead atoms. The van der Waals surface area contributed by atoms with Gasteiger partial charge in [-0.1, -0.05) is 48.7 Å². The standard InChI is InChI=1S/C24H29Cl2FO6/c1-12-9-16-14-6-8-23(20(31)32-4,33-19(30)18(25)26)22(14,3)11-17(29)24(16,27)21(2)7-5-13(28)10-15(12)21/h5,7,10,12,14,16-18,29H,6,8-9,11H2,1-4H3/t12-,14-,16-,17-,21-,22-,23-,24-/m0/s1. The number of carbonyl (C=O) groups excluding carboxylic acids is 3. The smallest absolute Gasteiger partial charge is 0.350 e. The van der Waals surface area contributed by atoms with Crippen LogP contribution in [0.3, 0.4) is 0 Å². The van der Waals surface area contributed by atoms with E-state index < -0.39 is 56.8 Å². The predicted molar refractivity (Wildman–Crippen MR) is 119 cm³/mol. The van der Waals surface area contributed by atoms with E-state index in [-0.39, 0.29) is 24.5 Å². The second-order valence-corrected chi connectivity index (χ2v) is 11.5. The number of methoxy groups -OCH3 is 1. The van der Waals surface area contributed by atoms with Crippen LogP contribution in [0.2, 0.25) is 0 Å². The lowest BCUT2D eigenvalue weighted by molar-refractivity contribution is -0.234. The molecule has 0 aromatic heterocycles. The first-order chi connectivity index (χ1) is 15.3. The highest BCUT2D eigenvalue weighted by Gasteiger charge is 2.76. The minimum atomic E-state index is -2.07. The van der Waals surface area contributed by atoms with Crippen molar-refractivity contribution in [3.8, 4) is 0 Å². The van der Waals surface area contributed by atoms with Gasteiger partial charge in [0, 0.05) is 16.7 Å². The Labute approximate surface area is 202 Å². The molecule has 3 fully saturated rings. The van der Waals surface area contributed by atoms with Crippen LogP contribution in [-0.4, -0.2) is 52.1 Å². The molecule has 8 atom stereocenters. The Balaban J connectivity index is 1.83. The van der Waals surface area contributed by atoms with Crippen LogP contribution in [-0.2, 0) is 23.9 Å². The lowest BCUT2D eigenvalue weighted by atomic mass is 9.43. The second-order valence-electron chi connectivity index (χ2n) is 10.4. The van der Waals surface area contributed by atoms with Crippen molar-refractivity contribution < 1.29 is 33.4 Å². The fraction of sp³-hybridized carbons (Fsp3) is 0.708. The normalized spacial score (nSPS) is 46.2. The van der Waals surface area contributed by atoms with Crippen LogP contribution in [0, 0.1) is 28.6 Å². The number of rotatable bonds is 3. The molecule has 0 unspecified atom stereocenters. The summed E-state index contributed by atoms with van der Waals surface area (Å²) >= 11 is 11.4. The number of fused-ring (bicyclic) bond motifs is 5. The Bertz CT molecular complexity index is 965. The van der Waals surface area contributed by atoms with Crippen LogP contribution in [0.1, 0.15) is 46.5 Å². The third kappa shape index (κ3) is 3.04. The van der Waals surface area contributed by atoms with Gasteiger partial charge in [-0.05, 0) is 56.6 Å². The molecule has 0 saturated heterocycles. The van der Waals surface area contributed by atoms with E-state index in [1.807, 2.05) is 6.92 Å². The highest BCUT2D eigenvalue weighted by atomic mass is 35.5. The van der Waals surface area contributed by atoms with E-state index in [1.54, 1.807) is 19.9 Å². The van der Waals surface area contributed by atoms with Crippen molar-refractivity contribution in [2.45, 2.75) is 68.7 Å². The number of aliphatic hydroxyl groups is 1. The number of esters is 2. The van der Waals surface area contributed by atoms with Crippen molar-refractivity contribution >= 4 is 40.9 Å². The van der Waals surface area contributed by atoms with Gasteiger partial charge in [0.1, 0.15) is 0 Å². The number of ketones is 1. The Hall–Kier alpha value is -1.44. The molecule has 182 valence electrons. The Kier molecular flexibility index (Phi) is 5.82. The molecule has 3 saturated carbocycles. The van der Waals surface area contributed by atoms with Crippen molar-refractivity contribution in [2.75, 3.05) is 7.11 Å². The Morgan fingerprint density at radius 3 is 2.55 bits per heavy atom. The molecule has 0 aromatic carbocycles. The lowest BCUT2D eigenvalue weighted by Gasteiger charge is -2.63. The van der Waals surface area contributed by atoms with Crippen LogP contribution >= 0.6 is 23.2 Å². The minimum Gasteiger partial charge on any atom is -0.466 e. The zero-order chi connectivity index (χ0) is 24.6. The van der Waals surface area contributed by atoms with Gasteiger partial charge >= 0.3 is 11.9 Å². The third-order valence-electron chi connectivity index (χ3n) is 9.06. The van der Waals surface area contributed by atoms with Gasteiger partial charge in [0.15, 0.2) is 11.5 Å². The van der Waals surface area contributed by atoms with Gasteiger partial charge in [-0.15, -0.1) is 0 Å². The molecule has 1 N–H and O–H groups in total. The molecule has 0 radical (unpaired) electrons. The quantitative estimate of drug-likeness (QED) is 0.465. The lowest BCUT2D eigenvalue weighted by Crippen LogP contribution is -2.70. The van der Waals surface area contributed by atoms with E-state index in [4.69, 9.17) is 32.7 Å². The van der Waals surface area contributed by atoms with Crippen LogP contribution in [0.4, 0.5) is 4.39 Å². The molecule has 33 heavy (non-hydrogen) atoms. The molecule has 0 aromatic rings. The zero-order valence-electron chi connectivity index (χ0n) is 19.1. The fourth-order valence-corrected chi connectivity index (χ4v) is 7.60. The largest absolute Gasteiger partial charge is 0.466 e. The van der Waals surface area contributed by atoms with E-state index in [0.29, 0.717) is 18.4 Å². The van der Waals surface area contributed by atoms with E-state index in [0.717, 1.165) is 0 Å². The molecule has 4 aliphatic rings. The van der Waals surface area contributed by atoms with Crippen molar-refractivity contribution in [3.63, 3.8) is 0 Å². The number of hydrogen-bond donors (Lipinski definition) is 1. The molecule has 9 heteroatoms. The third-order valence-corrected chi connectivity index (χ3v) is 9.41. The molecular formula is C24H29Cl2FO6. The van der Waals surface area contributed by atoms with E-state index in [9.17, 15) is 19.5 Å². The molecular weight excluding hydrogens is 474 g/mol. The summed E-state index contributed by atoms with van der Waals surface area (Å²) in [7, 11) is 1.19. The van der Waals surface area contributed by atoms with Crippen molar-refractivity contribution in [3.05, 3.63) is 23.8 Å². The van der Waals surface area contributed by atoms with Crippen LogP contribution < -0.4 is 0 Å². The zero-order valence-corrected chi connectivity index (χ0v) is 20.6. The van der Waals surface area contributed by atoms with Gasteiger partial charge in [0.2, 0.25) is 10.4 Å². The van der Waals surface area contributed by atoms with Gasteiger partial charge in [-0.25, -0.2) is 14.0 Å². The molecule has 0 heterocycles. The van der Waals surface area contributed by atoms with Gasteiger partial charge in [0.05, 0.1) is 13.2 Å². The first-order valence-corrected chi connectivity index (χ1v) is 12.1. The van der Waals surface area contributed by atoms with E-state index >= 15 is 4.39 Å². The molecule has 4 rings (SSSR count). The van der Waals surface area contributed by atoms with E-state index in [2.05, 4.69) is 0 Å². The Morgan fingerprint density at radius 2 is 1.94 bits per heavy atom. The van der Waals surface area contributed by atoms with Gasteiger partial charge in [0.25, 0.3) is 0 Å². The molecule has 0 spiro atoms. The van der Waals surface area contributed by atoms with Crippen molar-refractivity contribution in [2.24, 2.45) is 28.6 Å². The SMILES string of the molecule is COC(=O)[C@@]1(OC(=O)C(Cl)Cl)CC[C@H]2[C@@H]3C[C@H](C)C4=CC(=O)C=C[C@]4(C)[C@@]3(F)[C@@H](O)C[C@@]21C. The summed E-state index contributed by atoms with van der Waals surface area (Å²) in [6.07, 6.45) is 3.68. The molecule has 4 aliphatic carbocycles. The second kappa shape index (κ2) is 7.79. The summed E-state index contributed by atoms with van der Waals surface area (Å²) in [6, 6.07) is 0. The number of carbonyl (C=O) groups is 3. The summed E-state index contributed by atoms with van der Waals surface area (Å²) in [6.45, 7) is 5.42. The highest BCUT2D eigenvalue weighted by molar-refractivity contribution is 6.53. The first kappa shape index (κ1) is 24.7. The fourth-order valence-electron chi connectivity index (χ4n) is 7.51. The predicted octanol–water partition coefficient (Wildman–Crippen LogP) is 3.86. The Morgan fingerprint density at radius 1 is 1.27 bits per heavy atom. The molecule has 0 aliphatic heterocycles. The summed E-state index contributed by atoms with van der Waals surface area (Å²) in [5, 5.41) is 11.4. The maximum atomic E-state index is 17.2. The number of halogens is 3. The van der Waals surface area contributed by atoms with Crippen LogP contribution in [0.15, 0.2) is 23.8 Å². The van der Waals surface area contributed by atoms with Crippen molar-refractivity contribution in [1.29, 1.82) is 0 Å². The number of ether oxygens (including phenoxy) is 2. The average molecular weight is 503 g/mol. The van der Waals surface area contributed by atoms with Crippen LogP contribution in [0.5, 0.6) is 0 Å². The minimum absolute atomic E-state index is 0.106. The maximum absolute atomic E-state index is 17.2. The number of alkyl halides is 3. The van der Waals surface area contributed by atoms with Gasteiger partial charge in [-0.3, -0.25) is 4.79 Å². The number of aliphatic hydroxyl groups excluding tert-OH is 1. The average Bonchev–Trinajstić information content (AvgIpc) is 3.03. The first-order valence-electron chi connectivity index (χ1n) is 11.2. The maximum Gasteiger partial charge on any atom is 0.350 e. The van der Waals surface area contributed by atoms with Gasteiger partial charge < -0.3 is 14.6 Å².